The van der Waals surface area contributed by atoms with Crippen LogP contribution in [0.25, 0.3) is 0 Å². The van der Waals surface area contributed by atoms with Crippen LogP contribution >= 0.6 is 0 Å². The molecule has 148 valence electrons. The van der Waals surface area contributed by atoms with E-state index in [1.807, 2.05) is 0 Å². The SMILES string of the molecule is CCCCCCCCC(CCCCCC)C(N)[I-]CCCCCC. The molecule has 0 aliphatic carbocycles. The second kappa shape index (κ2) is 20.0. The average Bonchev–Trinajstić information content (AvgIpc) is 2.59. The molecule has 0 saturated heterocycles. The molecule has 0 heterocycles. The quantitative estimate of drug-likeness (QED) is 0.135. The molecule has 0 bridgehead atoms. The Kier molecular flexibility index (Phi) is 20.6. The number of nitrogens with two attached hydrogens (primary N) is 1. The summed E-state index contributed by atoms with van der Waals surface area (Å²) < 4.78 is 2.03. The third-order valence-corrected chi connectivity index (χ3v) is 8.50. The Morgan fingerprint density at radius 1 is 0.583 bits per heavy atom. The Hall–Kier alpha value is 0.690. The third-order valence-electron chi connectivity index (χ3n) is 5.08. The van der Waals surface area contributed by atoms with Crippen molar-refractivity contribution >= 4 is 0 Å². The molecule has 0 aromatic carbocycles. The topological polar surface area (TPSA) is 26.0 Å². The first kappa shape index (κ1) is 24.7. The number of hydrogen-bond donors (Lipinski definition) is 1. The van der Waals surface area contributed by atoms with Crippen LogP contribution in [0.2, 0.25) is 0 Å². The van der Waals surface area contributed by atoms with Gasteiger partial charge in [-0.05, 0) is 0 Å². The van der Waals surface area contributed by atoms with Gasteiger partial charge in [0.15, 0.2) is 0 Å². The molecule has 0 aliphatic heterocycles. The van der Waals surface area contributed by atoms with Gasteiger partial charge in [0.2, 0.25) is 0 Å². The summed E-state index contributed by atoms with van der Waals surface area (Å²) in [5.74, 6) is 0.840. The van der Waals surface area contributed by atoms with Gasteiger partial charge in [-0.15, -0.1) is 0 Å². The van der Waals surface area contributed by atoms with E-state index in [0.717, 1.165) is 5.92 Å². The predicted octanol–water partition coefficient (Wildman–Crippen LogP) is 4.28. The Balaban J connectivity index is 3.95. The number of unbranched alkanes of at least 4 members (excludes halogenated alkanes) is 11. The predicted molar refractivity (Wildman–Crippen MR) is 107 cm³/mol. The first-order chi connectivity index (χ1) is 11.8. The summed E-state index contributed by atoms with van der Waals surface area (Å²) in [5.41, 5.74) is 6.66. The van der Waals surface area contributed by atoms with Gasteiger partial charge in [0.1, 0.15) is 0 Å². The summed E-state index contributed by atoms with van der Waals surface area (Å²) in [5, 5.41) is 0. The summed E-state index contributed by atoms with van der Waals surface area (Å²) in [4.78, 5) is 0. The van der Waals surface area contributed by atoms with Gasteiger partial charge < -0.3 is 0 Å². The summed E-state index contributed by atoms with van der Waals surface area (Å²) in [6.45, 7) is 6.91. The van der Waals surface area contributed by atoms with Crippen molar-refractivity contribution in [2.45, 2.75) is 128 Å². The van der Waals surface area contributed by atoms with Gasteiger partial charge >= 0.3 is 165 Å². The molecular weight excluding hydrogens is 405 g/mol. The third kappa shape index (κ3) is 16.2. The molecule has 0 spiro atoms. The van der Waals surface area contributed by atoms with Gasteiger partial charge in [0, 0.05) is 0 Å². The molecule has 0 aromatic heterocycles. The second-order valence-corrected chi connectivity index (χ2v) is 10.9. The molecule has 2 unspecified atom stereocenters. The van der Waals surface area contributed by atoms with Crippen molar-refractivity contribution in [3.05, 3.63) is 0 Å². The van der Waals surface area contributed by atoms with Gasteiger partial charge in [-0.3, -0.25) is 0 Å². The standard InChI is InChI=1S/C22H47IN/c1-4-7-10-13-14-16-19-21(18-15-11-8-5-2)22(24)23-20-17-12-9-6-3/h21-22H,4-20,24H2,1-3H3/q-1. The van der Waals surface area contributed by atoms with Gasteiger partial charge in [-0.25, -0.2) is 0 Å². The van der Waals surface area contributed by atoms with E-state index >= 15 is 0 Å². The summed E-state index contributed by atoms with van der Waals surface area (Å²) in [7, 11) is 0. The first-order valence-corrected chi connectivity index (χ1v) is 13.9. The van der Waals surface area contributed by atoms with E-state index in [2.05, 4.69) is 20.8 Å². The number of halogens is 1. The summed E-state index contributed by atoms with van der Waals surface area (Å²) in [6, 6.07) is 0. The van der Waals surface area contributed by atoms with Crippen LogP contribution in [0.4, 0.5) is 0 Å². The zero-order chi connectivity index (χ0) is 17.9. The van der Waals surface area contributed by atoms with Crippen molar-refractivity contribution in [2.24, 2.45) is 11.7 Å². The normalized spacial score (nSPS) is 14.2. The van der Waals surface area contributed by atoms with Crippen LogP contribution in [0.5, 0.6) is 0 Å². The van der Waals surface area contributed by atoms with E-state index in [-0.39, 0.29) is 21.2 Å². The van der Waals surface area contributed by atoms with Crippen molar-refractivity contribution in [3.63, 3.8) is 0 Å². The molecule has 0 saturated carbocycles. The number of rotatable bonds is 19. The van der Waals surface area contributed by atoms with Crippen molar-refractivity contribution in [1.82, 2.24) is 0 Å². The monoisotopic (exact) mass is 452 g/mol. The molecule has 0 aliphatic rings. The molecule has 0 radical (unpaired) electrons. The van der Waals surface area contributed by atoms with Crippen molar-refractivity contribution in [3.8, 4) is 0 Å². The van der Waals surface area contributed by atoms with E-state index in [0.29, 0.717) is 4.05 Å². The van der Waals surface area contributed by atoms with Gasteiger partial charge in [-0.2, -0.15) is 0 Å². The van der Waals surface area contributed by atoms with E-state index in [1.165, 1.54) is 107 Å². The Labute approximate surface area is 164 Å². The van der Waals surface area contributed by atoms with Crippen LogP contribution in [-0.2, 0) is 0 Å². The molecular formula is C22H47IN-. The van der Waals surface area contributed by atoms with Gasteiger partial charge in [0.05, 0.1) is 0 Å². The van der Waals surface area contributed by atoms with E-state index in [1.54, 1.807) is 0 Å². The molecule has 0 rings (SSSR count). The average molecular weight is 453 g/mol. The Bertz CT molecular complexity index is 232. The van der Waals surface area contributed by atoms with Crippen molar-refractivity contribution in [2.75, 3.05) is 4.43 Å². The van der Waals surface area contributed by atoms with Crippen LogP contribution in [0.1, 0.15) is 124 Å². The fourth-order valence-electron chi connectivity index (χ4n) is 3.33. The molecule has 2 N–H and O–H groups in total. The molecule has 0 amide bonds. The number of alkyl halides is 2. The zero-order valence-corrected chi connectivity index (χ0v) is 19.3. The van der Waals surface area contributed by atoms with Crippen LogP contribution in [0.3, 0.4) is 0 Å². The molecule has 2 heteroatoms. The van der Waals surface area contributed by atoms with Gasteiger partial charge in [-0.1, -0.05) is 0 Å². The van der Waals surface area contributed by atoms with Crippen LogP contribution in [0, 0.1) is 5.92 Å². The van der Waals surface area contributed by atoms with Crippen LogP contribution < -0.4 is 26.9 Å². The van der Waals surface area contributed by atoms with Crippen LogP contribution in [0.15, 0.2) is 0 Å². The molecule has 0 fully saturated rings. The van der Waals surface area contributed by atoms with Gasteiger partial charge in [0.25, 0.3) is 0 Å². The summed E-state index contributed by atoms with van der Waals surface area (Å²) in [6.07, 6.45) is 22.6. The molecule has 1 nitrogen and oxygen atoms in total. The zero-order valence-electron chi connectivity index (χ0n) is 17.1. The fraction of sp³-hybridized carbons (Fsp3) is 1.00. The minimum absolute atomic E-state index is 0.224. The second-order valence-electron chi connectivity index (χ2n) is 7.51. The Morgan fingerprint density at radius 3 is 1.54 bits per heavy atom. The Morgan fingerprint density at radius 2 is 1.00 bits per heavy atom. The van der Waals surface area contributed by atoms with Crippen molar-refractivity contribution in [1.29, 1.82) is 0 Å². The van der Waals surface area contributed by atoms with Crippen LogP contribution in [-0.4, -0.2) is 8.48 Å². The first-order valence-electron chi connectivity index (χ1n) is 11.1. The molecule has 0 aromatic rings. The minimum atomic E-state index is 0.224. The number of hydrogen-bond acceptors (Lipinski definition) is 1. The van der Waals surface area contributed by atoms with E-state index in [4.69, 9.17) is 5.73 Å². The molecule has 2 atom stereocenters. The van der Waals surface area contributed by atoms with E-state index in [9.17, 15) is 0 Å². The van der Waals surface area contributed by atoms with Crippen molar-refractivity contribution < 1.29 is 21.2 Å². The maximum absolute atomic E-state index is 6.66. The maximum atomic E-state index is 6.66. The fourth-order valence-corrected chi connectivity index (χ4v) is 6.47. The molecule has 24 heavy (non-hydrogen) atoms. The summed E-state index contributed by atoms with van der Waals surface area (Å²) >= 11 is 0.224. The van der Waals surface area contributed by atoms with E-state index < -0.39 is 0 Å².